The first kappa shape index (κ1) is 24.3. The first-order valence-corrected chi connectivity index (χ1v) is 10.8. The molecule has 0 saturated heterocycles. The van der Waals surface area contributed by atoms with Gasteiger partial charge in [0.1, 0.15) is 0 Å². The van der Waals surface area contributed by atoms with Crippen molar-refractivity contribution < 1.29 is 27.6 Å². The summed E-state index contributed by atoms with van der Waals surface area (Å²) in [7, 11) is 0. The molecule has 0 unspecified atom stereocenters. The SMILES string of the molecule is Cc1ccc(C(=O)N[C@@H]2CCCC[C@@H]2NC(=O)CNC(=O)c2cccc(C(F)(F)F)c2)cc1. The maximum atomic E-state index is 12.8. The van der Waals surface area contributed by atoms with Crippen molar-refractivity contribution in [3.05, 3.63) is 70.8 Å². The number of benzene rings is 2. The summed E-state index contributed by atoms with van der Waals surface area (Å²) in [6.45, 7) is 1.55. The molecule has 1 aliphatic carbocycles. The first-order valence-electron chi connectivity index (χ1n) is 10.8. The third-order valence-corrected chi connectivity index (χ3v) is 5.60. The largest absolute Gasteiger partial charge is 0.416 e. The lowest BCUT2D eigenvalue weighted by Gasteiger charge is -2.33. The maximum Gasteiger partial charge on any atom is 0.416 e. The Bertz CT molecular complexity index is 1010. The summed E-state index contributed by atoms with van der Waals surface area (Å²) in [6, 6.07) is 10.6. The minimum Gasteiger partial charge on any atom is -0.350 e. The van der Waals surface area contributed by atoms with Gasteiger partial charge < -0.3 is 16.0 Å². The number of nitrogens with one attached hydrogen (secondary N) is 3. The summed E-state index contributed by atoms with van der Waals surface area (Å²) in [4.78, 5) is 37.2. The van der Waals surface area contributed by atoms with Crippen LogP contribution in [0.15, 0.2) is 48.5 Å². The van der Waals surface area contributed by atoms with Crippen LogP contribution in [0.4, 0.5) is 13.2 Å². The van der Waals surface area contributed by atoms with Gasteiger partial charge in [-0.15, -0.1) is 0 Å². The number of carbonyl (C=O) groups is 3. The van der Waals surface area contributed by atoms with Crippen molar-refractivity contribution in [2.24, 2.45) is 0 Å². The maximum absolute atomic E-state index is 12.8. The molecule has 2 aromatic rings. The van der Waals surface area contributed by atoms with Crippen LogP contribution in [0.2, 0.25) is 0 Å². The quantitative estimate of drug-likeness (QED) is 0.614. The zero-order chi connectivity index (χ0) is 24.0. The van der Waals surface area contributed by atoms with E-state index in [1.165, 1.54) is 6.07 Å². The number of aryl methyl sites for hydroxylation is 1. The molecule has 1 saturated carbocycles. The van der Waals surface area contributed by atoms with Crippen molar-refractivity contribution in [1.82, 2.24) is 16.0 Å². The molecule has 3 amide bonds. The standard InChI is InChI=1S/C24H26F3N3O3/c1-15-9-11-16(12-10-15)23(33)30-20-8-3-2-7-19(20)29-21(31)14-28-22(32)17-5-4-6-18(13-17)24(25,26)27/h4-6,9-13,19-20H,2-3,7-8,14H2,1H3,(H,28,32)(H,29,31)(H,30,33)/t19-,20+/m0/s1. The van der Waals surface area contributed by atoms with Gasteiger partial charge in [-0.25, -0.2) is 0 Å². The molecule has 0 heterocycles. The summed E-state index contributed by atoms with van der Waals surface area (Å²) < 4.78 is 38.5. The van der Waals surface area contributed by atoms with E-state index in [9.17, 15) is 27.6 Å². The van der Waals surface area contributed by atoms with Gasteiger partial charge in [-0.2, -0.15) is 13.2 Å². The average Bonchev–Trinajstić information content (AvgIpc) is 2.78. The Balaban J connectivity index is 1.54. The van der Waals surface area contributed by atoms with Gasteiger partial charge in [0.25, 0.3) is 11.8 Å². The Morgan fingerprint density at radius 1 is 0.879 bits per heavy atom. The molecule has 6 nitrogen and oxygen atoms in total. The van der Waals surface area contributed by atoms with E-state index in [1.807, 2.05) is 19.1 Å². The number of carbonyl (C=O) groups excluding carboxylic acids is 3. The smallest absolute Gasteiger partial charge is 0.350 e. The summed E-state index contributed by atoms with van der Waals surface area (Å²) in [5.74, 6) is -1.47. The van der Waals surface area contributed by atoms with Crippen molar-refractivity contribution in [3.8, 4) is 0 Å². The van der Waals surface area contributed by atoms with Crippen LogP contribution in [-0.2, 0) is 11.0 Å². The van der Waals surface area contributed by atoms with Gasteiger partial charge in [0.15, 0.2) is 0 Å². The van der Waals surface area contributed by atoms with Gasteiger partial charge in [0.2, 0.25) is 5.91 Å². The van der Waals surface area contributed by atoms with Crippen LogP contribution in [0.5, 0.6) is 0 Å². The Morgan fingerprint density at radius 3 is 2.15 bits per heavy atom. The van der Waals surface area contributed by atoms with Crippen LogP contribution in [-0.4, -0.2) is 36.3 Å². The van der Waals surface area contributed by atoms with Crippen molar-refractivity contribution >= 4 is 17.7 Å². The topological polar surface area (TPSA) is 87.3 Å². The molecule has 0 aliphatic heterocycles. The number of alkyl halides is 3. The molecule has 9 heteroatoms. The molecule has 33 heavy (non-hydrogen) atoms. The van der Waals surface area contributed by atoms with Crippen LogP contribution >= 0.6 is 0 Å². The van der Waals surface area contributed by atoms with E-state index < -0.39 is 23.6 Å². The number of hydrogen-bond donors (Lipinski definition) is 3. The van der Waals surface area contributed by atoms with Gasteiger partial charge in [0.05, 0.1) is 12.1 Å². The van der Waals surface area contributed by atoms with E-state index in [0.717, 1.165) is 36.6 Å². The molecule has 2 aromatic carbocycles. The second-order valence-electron chi connectivity index (χ2n) is 8.17. The molecule has 0 spiro atoms. The highest BCUT2D eigenvalue weighted by molar-refractivity contribution is 5.97. The Morgan fingerprint density at radius 2 is 1.52 bits per heavy atom. The lowest BCUT2D eigenvalue weighted by atomic mass is 9.90. The number of halogens is 3. The number of hydrogen-bond acceptors (Lipinski definition) is 3. The Hall–Kier alpha value is -3.36. The summed E-state index contributed by atoms with van der Waals surface area (Å²) >= 11 is 0. The normalized spacial score (nSPS) is 18.3. The highest BCUT2D eigenvalue weighted by Crippen LogP contribution is 2.29. The molecule has 1 aliphatic rings. The second-order valence-corrected chi connectivity index (χ2v) is 8.17. The fourth-order valence-corrected chi connectivity index (χ4v) is 3.79. The molecular formula is C24H26F3N3O3. The zero-order valence-electron chi connectivity index (χ0n) is 18.2. The molecule has 2 atom stereocenters. The first-order chi connectivity index (χ1) is 15.6. The van der Waals surface area contributed by atoms with E-state index in [-0.39, 0.29) is 30.1 Å². The van der Waals surface area contributed by atoms with Gasteiger partial charge in [-0.05, 0) is 50.1 Å². The average molecular weight is 461 g/mol. The minimum absolute atomic E-state index is 0.182. The van der Waals surface area contributed by atoms with Crippen molar-refractivity contribution in [2.45, 2.75) is 50.9 Å². The third kappa shape index (κ3) is 6.81. The van der Waals surface area contributed by atoms with Gasteiger partial charge in [0, 0.05) is 23.2 Å². The lowest BCUT2D eigenvalue weighted by molar-refractivity contribution is -0.137. The molecule has 1 fully saturated rings. The molecule has 176 valence electrons. The third-order valence-electron chi connectivity index (χ3n) is 5.60. The fourth-order valence-electron chi connectivity index (χ4n) is 3.79. The van der Waals surface area contributed by atoms with Crippen molar-refractivity contribution in [2.75, 3.05) is 6.54 Å². The van der Waals surface area contributed by atoms with E-state index in [1.54, 1.807) is 12.1 Å². The van der Waals surface area contributed by atoms with Crippen LogP contribution < -0.4 is 16.0 Å². The van der Waals surface area contributed by atoms with E-state index in [4.69, 9.17) is 0 Å². The molecular weight excluding hydrogens is 435 g/mol. The minimum atomic E-state index is -4.56. The molecule has 3 N–H and O–H groups in total. The zero-order valence-corrected chi connectivity index (χ0v) is 18.2. The molecule has 0 radical (unpaired) electrons. The predicted octanol–water partition coefficient (Wildman–Crippen LogP) is 3.60. The van der Waals surface area contributed by atoms with Crippen LogP contribution in [0.3, 0.4) is 0 Å². The van der Waals surface area contributed by atoms with Gasteiger partial charge in [-0.3, -0.25) is 14.4 Å². The van der Waals surface area contributed by atoms with Crippen LogP contribution in [0.1, 0.15) is 57.5 Å². The number of amides is 3. The summed E-state index contributed by atoms with van der Waals surface area (Å²) in [6.07, 6.45) is -1.38. The van der Waals surface area contributed by atoms with Gasteiger partial charge >= 0.3 is 6.18 Å². The second kappa shape index (κ2) is 10.5. The van der Waals surface area contributed by atoms with Crippen molar-refractivity contribution in [1.29, 1.82) is 0 Å². The molecule has 0 bridgehead atoms. The van der Waals surface area contributed by atoms with E-state index in [0.29, 0.717) is 18.4 Å². The summed E-state index contributed by atoms with van der Waals surface area (Å²) in [5, 5.41) is 8.15. The highest BCUT2D eigenvalue weighted by atomic mass is 19.4. The predicted molar refractivity (Wildman–Crippen MR) is 117 cm³/mol. The van der Waals surface area contributed by atoms with E-state index >= 15 is 0 Å². The van der Waals surface area contributed by atoms with E-state index in [2.05, 4.69) is 16.0 Å². The fraction of sp³-hybridized carbons (Fsp3) is 0.375. The Labute approximate surface area is 189 Å². The lowest BCUT2D eigenvalue weighted by Crippen LogP contribution is -2.54. The molecule has 0 aromatic heterocycles. The Kier molecular flexibility index (Phi) is 7.73. The van der Waals surface area contributed by atoms with Crippen molar-refractivity contribution in [3.63, 3.8) is 0 Å². The summed E-state index contributed by atoms with van der Waals surface area (Å²) in [5.41, 5.74) is 0.457. The molecule has 3 rings (SSSR count). The highest BCUT2D eigenvalue weighted by Gasteiger charge is 2.31. The number of rotatable bonds is 6. The monoisotopic (exact) mass is 461 g/mol. The van der Waals surface area contributed by atoms with Gasteiger partial charge in [-0.1, -0.05) is 36.6 Å². The van der Waals surface area contributed by atoms with Crippen LogP contribution in [0.25, 0.3) is 0 Å². The van der Waals surface area contributed by atoms with Crippen LogP contribution in [0, 0.1) is 6.92 Å².